The molecule has 0 heterocycles. The molecule has 0 bridgehead atoms. The van der Waals surface area contributed by atoms with E-state index in [0.717, 1.165) is 22.0 Å². The van der Waals surface area contributed by atoms with Crippen LogP contribution in [0.1, 0.15) is 15.9 Å². The Hall–Kier alpha value is -2.61. The molecule has 0 saturated carbocycles. The van der Waals surface area contributed by atoms with Crippen LogP contribution in [0.2, 0.25) is 0 Å². The van der Waals surface area contributed by atoms with Gasteiger partial charge in [0, 0.05) is 10.9 Å². The highest BCUT2D eigenvalue weighted by Gasteiger charge is 2.09. The lowest BCUT2D eigenvalue weighted by molar-refractivity contribution is 0.102. The Bertz CT molecular complexity index is 763. The lowest BCUT2D eigenvalue weighted by Crippen LogP contribution is -2.12. The first kappa shape index (κ1) is 12.4. The summed E-state index contributed by atoms with van der Waals surface area (Å²) in [5.74, 6) is -0.0787. The van der Waals surface area contributed by atoms with Gasteiger partial charge in [-0.05, 0) is 30.0 Å². The molecule has 3 aromatic rings. The molecule has 1 amide bonds. The Morgan fingerprint density at radius 1 is 0.850 bits per heavy atom. The number of aryl methyl sites for hydroxylation is 1. The monoisotopic (exact) mass is 261 g/mol. The van der Waals surface area contributed by atoms with E-state index in [1.165, 1.54) is 0 Å². The number of anilines is 1. The predicted molar refractivity (Wildman–Crippen MR) is 83.1 cm³/mol. The Morgan fingerprint density at radius 3 is 2.35 bits per heavy atom. The van der Waals surface area contributed by atoms with Crippen molar-refractivity contribution in [3.05, 3.63) is 77.9 Å². The fraction of sp³-hybridized carbons (Fsp3) is 0.0556. The van der Waals surface area contributed by atoms with Crippen molar-refractivity contribution in [1.29, 1.82) is 0 Å². The number of rotatable bonds is 2. The van der Waals surface area contributed by atoms with E-state index < -0.39 is 0 Å². The molecule has 0 atom stereocenters. The van der Waals surface area contributed by atoms with E-state index in [2.05, 4.69) is 11.4 Å². The first-order valence-electron chi connectivity index (χ1n) is 6.60. The predicted octanol–water partition coefficient (Wildman–Crippen LogP) is 4.40. The molecule has 3 rings (SSSR count). The summed E-state index contributed by atoms with van der Waals surface area (Å²) in [7, 11) is 0. The van der Waals surface area contributed by atoms with Gasteiger partial charge in [-0.3, -0.25) is 4.79 Å². The minimum Gasteiger partial charge on any atom is -0.321 e. The van der Waals surface area contributed by atoms with Gasteiger partial charge in [0.05, 0.1) is 5.69 Å². The SMILES string of the molecule is Cc1ccc2ccccc2c1NC(=O)c1ccccc1. The minimum absolute atomic E-state index is 0.0787. The zero-order valence-electron chi connectivity index (χ0n) is 11.3. The minimum atomic E-state index is -0.0787. The maximum Gasteiger partial charge on any atom is 0.255 e. The number of carbonyl (C=O) groups excluding carboxylic acids is 1. The average Bonchev–Trinajstić information content (AvgIpc) is 2.51. The molecule has 0 unspecified atom stereocenters. The van der Waals surface area contributed by atoms with Gasteiger partial charge in [-0.15, -0.1) is 0 Å². The summed E-state index contributed by atoms with van der Waals surface area (Å²) < 4.78 is 0. The summed E-state index contributed by atoms with van der Waals surface area (Å²) in [5.41, 5.74) is 2.62. The third kappa shape index (κ3) is 2.28. The Kier molecular flexibility index (Phi) is 3.21. The van der Waals surface area contributed by atoms with Gasteiger partial charge >= 0.3 is 0 Å². The zero-order chi connectivity index (χ0) is 13.9. The first-order valence-corrected chi connectivity index (χ1v) is 6.60. The van der Waals surface area contributed by atoms with E-state index in [-0.39, 0.29) is 5.91 Å². The van der Waals surface area contributed by atoms with Gasteiger partial charge in [0.25, 0.3) is 5.91 Å². The number of carbonyl (C=O) groups is 1. The van der Waals surface area contributed by atoms with Crippen LogP contribution < -0.4 is 5.32 Å². The molecule has 20 heavy (non-hydrogen) atoms. The molecular weight excluding hydrogens is 246 g/mol. The number of hydrogen-bond acceptors (Lipinski definition) is 1. The second-order valence-electron chi connectivity index (χ2n) is 4.80. The maximum atomic E-state index is 12.3. The standard InChI is InChI=1S/C18H15NO/c1-13-11-12-14-7-5-6-10-16(14)17(13)19-18(20)15-8-3-2-4-9-15/h2-12H,1H3,(H,19,20). The molecule has 1 N–H and O–H groups in total. The number of hydrogen-bond donors (Lipinski definition) is 1. The van der Waals surface area contributed by atoms with Crippen LogP contribution in [0, 0.1) is 6.92 Å². The molecular formula is C18H15NO. The molecule has 2 nitrogen and oxygen atoms in total. The summed E-state index contributed by atoms with van der Waals surface area (Å²) in [6.07, 6.45) is 0. The molecule has 0 aliphatic rings. The van der Waals surface area contributed by atoms with E-state index in [9.17, 15) is 4.79 Å². The molecule has 98 valence electrons. The van der Waals surface area contributed by atoms with Crippen LogP contribution in [0.25, 0.3) is 10.8 Å². The topological polar surface area (TPSA) is 29.1 Å². The van der Waals surface area contributed by atoms with Crippen molar-refractivity contribution in [2.75, 3.05) is 5.32 Å². The Labute approximate surface area is 118 Å². The van der Waals surface area contributed by atoms with Crippen LogP contribution in [-0.4, -0.2) is 5.91 Å². The van der Waals surface area contributed by atoms with Gasteiger partial charge < -0.3 is 5.32 Å². The first-order chi connectivity index (χ1) is 9.75. The van der Waals surface area contributed by atoms with Crippen LogP contribution in [0.3, 0.4) is 0 Å². The van der Waals surface area contributed by atoms with Crippen molar-refractivity contribution in [3.63, 3.8) is 0 Å². The molecule has 3 aromatic carbocycles. The van der Waals surface area contributed by atoms with E-state index in [0.29, 0.717) is 5.56 Å². The fourth-order valence-corrected chi connectivity index (χ4v) is 2.32. The normalized spacial score (nSPS) is 10.4. The zero-order valence-corrected chi connectivity index (χ0v) is 11.3. The van der Waals surface area contributed by atoms with Gasteiger partial charge in [0.15, 0.2) is 0 Å². The highest BCUT2D eigenvalue weighted by atomic mass is 16.1. The lowest BCUT2D eigenvalue weighted by Gasteiger charge is -2.12. The quantitative estimate of drug-likeness (QED) is 0.727. The average molecular weight is 261 g/mol. The molecule has 0 aromatic heterocycles. The van der Waals surface area contributed by atoms with Crippen molar-refractivity contribution in [1.82, 2.24) is 0 Å². The van der Waals surface area contributed by atoms with Gasteiger partial charge in [0.2, 0.25) is 0 Å². The summed E-state index contributed by atoms with van der Waals surface area (Å²) >= 11 is 0. The Morgan fingerprint density at radius 2 is 1.55 bits per heavy atom. The summed E-state index contributed by atoms with van der Waals surface area (Å²) in [6.45, 7) is 2.01. The second kappa shape index (κ2) is 5.17. The number of fused-ring (bicyclic) bond motifs is 1. The molecule has 0 aliphatic carbocycles. The molecule has 0 spiro atoms. The van der Waals surface area contributed by atoms with Crippen molar-refractivity contribution in [3.8, 4) is 0 Å². The summed E-state index contributed by atoms with van der Waals surface area (Å²) in [6, 6.07) is 21.4. The number of amides is 1. The third-order valence-electron chi connectivity index (χ3n) is 3.41. The largest absolute Gasteiger partial charge is 0.321 e. The van der Waals surface area contributed by atoms with E-state index >= 15 is 0 Å². The second-order valence-corrected chi connectivity index (χ2v) is 4.80. The van der Waals surface area contributed by atoms with E-state index in [1.54, 1.807) is 0 Å². The van der Waals surface area contributed by atoms with Crippen LogP contribution >= 0.6 is 0 Å². The van der Waals surface area contributed by atoms with Crippen LogP contribution in [0.4, 0.5) is 5.69 Å². The van der Waals surface area contributed by atoms with Gasteiger partial charge in [-0.25, -0.2) is 0 Å². The van der Waals surface area contributed by atoms with Gasteiger partial charge in [0.1, 0.15) is 0 Å². The molecule has 0 radical (unpaired) electrons. The molecule has 2 heteroatoms. The van der Waals surface area contributed by atoms with Crippen LogP contribution in [0.15, 0.2) is 66.7 Å². The van der Waals surface area contributed by atoms with Crippen LogP contribution in [-0.2, 0) is 0 Å². The fourth-order valence-electron chi connectivity index (χ4n) is 2.32. The van der Waals surface area contributed by atoms with Crippen molar-refractivity contribution < 1.29 is 4.79 Å². The molecule has 0 fully saturated rings. The highest BCUT2D eigenvalue weighted by molar-refractivity contribution is 6.09. The molecule has 0 aliphatic heterocycles. The number of nitrogens with one attached hydrogen (secondary N) is 1. The van der Waals surface area contributed by atoms with E-state index in [1.807, 2.05) is 67.6 Å². The summed E-state index contributed by atoms with van der Waals surface area (Å²) in [4.78, 5) is 12.3. The maximum absolute atomic E-state index is 12.3. The van der Waals surface area contributed by atoms with Crippen molar-refractivity contribution in [2.24, 2.45) is 0 Å². The van der Waals surface area contributed by atoms with Crippen molar-refractivity contribution in [2.45, 2.75) is 6.92 Å². The smallest absolute Gasteiger partial charge is 0.255 e. The van der Waals surface area contributed by atoms with Crippen LogP contribution in [0.5, 0.6) is 0 Å². The molecule has 0 saturated heterocycles. The lowest BCUT2D eigenvalue weighted by atomic mass is 10.0. The highest BCUT2D eigenvalue weighted by Crippen LogP contribution is 2.27. The van der Waals surface area contributed by atoms with Gasteiger partial charge in [-0.1, -0.05) is 54.6 Å². The number of benzene rings is 3. The van der Waals surface area contributed by atoms with Crippen molar-refractivity contribution >= 4 is 22.4 Å². The third-order valence-corrected chi connectivity index (χ3v) is 3.41. The van der Waals surface area contributed by atoms with Gasteiger partial charge in [-0.2, -0.15) is 0 Å². The Balaban J connectivity index is 2.03. The summed E-state index contributed by atoms with van der Waals surface area (Å²) in [5, 5.41) is 5.22. The van der Waals surface area contributed by atoms with E-state index in [4.69, 9.17) is 0 Å².